The van der Waals surface area contributed by atoms with Gasteiger partial charge in [0.1, 0.15) is 0 Å². The van der Waals surface area contributed by atoms with Gasteiger partial charge in [-0.3, -0.25) is 9.59 Å². The third-order valence-corrected chi connectivity index (χ3v) is 6.73. The summed E-state index contributed by atoms with van der Waals surface area (Å²) in [6, 6.07) is 16.3. The molecule has 1 aliphatic rings. The fourth-order valence-corrected chi connectivity index (χ4v) is 4.68. The Balaban J connectivity index is 1.57. The summed E-state index contributed by atoms with van der Waals surface area (Å²) in [7, 11) is 1.87. The summed E-state index contributed by atoms with van der Waals surface area (Å²) in [6.45, 7) is 1.54. The van der Waals surface area contributed by atoms with Crippen molar-refractivity contribution in [3.05, 3.63) is 60.2 Å². The first-order chi connectivity index (χ1) is 15.5. The van der Waals surface area contributed by atoms with Crippen LogP contribution >= 0.6 is 11.8 Å². The average molecular weight is 455 g/mol. The van der Waals surface area contributed by atoms with Gasteiger partial charge in [-0.05, 0) is 44.0 Å². The number of para-hydroxylation sites is 1. The van der Waals surface area contributed by atoms with Gasteiger partial charge in [-0.15, -0.1) is 11.8 Å². The lowest BCUT2D eigenvalue weighted by atomic mass is 9.94. The second kappa shape index (κ2) is 11.7. The maximum Gasteiger partial charge on any atom is 0.340 e. The van der Waals surface area contributed by atoms with Crippen LogP contribution in [0, 0.1) is 0 Å². The monoisotopic (exact) mass is 454 g/mol. The van der Waals surface area contributed by atoms with Gasteiger partial charge in [0.15, 0.2) is 6.10 Å². The van der Waals surface area contributed by atoms with Crippen LogP contribution in [0.2, 0.25) is 0 Å². The molecular weight excluding hydrogens is 424 g/mol. The molecule has 1 atom stereocenters. The first-order valence-corrected chi connectivity index (χ1v) is 12.0. The number of rotatable bonds is 8. The molecule has 0 saturated heterocycles. The van der Waals surface area contributed by atoms with E-state index in [-0.39, 0.29) is 11.7 Å². The Bertz CT molecular complexity index is 929. The molecule has 32 heavy (non-hydrogen) atoms. The lowest BCUT2D eigenvalue weighted by Crippen LogP contribution is -2.39. The van der Waals surface area contributed by atoms with Gasteiger partial charge in [-0.25, -0.2) is 4.79 Å². The first kappa shape index (κ1) is 23.9. The van der Waals surface area contributed by atoms with Crippen LogP contribution in [0.4, 0.5) is 5.69 Å². The van der Waals surface area contributed by atoms with Crippen LogP contribution in [0.25, 0.3) is 0 Å². The minimum atomic E-state index is -0.958. The van der Waals surface area contributed by atoms with E-state index < -0.39 is 18.0 Å². The Morgan fingerprint density at radius 1 is 1.03 bits per heavy atom. The van der Waals surface area contributed by atoms with Crippen molar-refractivity contribution >= 4 is 35.2 Å². The average Bonchev–Trinajstić information content (AvgIpc) is 2.83. The summed E-state index contributed by atoms with van der Waals surface area (Å²) < 4.78 is 5.40. The van der Waals surface area contributed by atoms with Crippen LogP contribution in [0.5, 0.6) is 0 Å². The van der Waals surface area contributed by atoms with Crippen molar-refractivity contribution in [3.8, 4) is 0 Å². The lowest BCUT2D eigenvalue weighted by Gasteiger charge is -2.31. The quantitative estimate of drug-likeness (QED) is 0.460. The van der Waals surface area contributed by atoms with Gasteiger partial charge in [0.05, 0.1) is 11.3 Å². The third-order valence-electron chi connectivity index (χ3n) is 5.67. The van der Waals surface area contributed by atoms with Crippen LogP contribution in [-0.4, -0.2) is 47.6 Å². The number of nitrogens with zero attached hydrogens (tertiary/aromatic N) is 1. The molecule has 0 heterocycles. The summed E-state index contributed by atoms with van der Waals surface area (Å²) in [5.74, 6) is -0.682. The summed E-state index contributed by atoms with van der Waals surface area (Å²) in [5, 5.41) is 2.73. The fraction of sp³-hybridized carbons (Fsp3) is 0.400. The molecule has 2 aromatic rings. The van der Waals surface area contributed by atoms with Crippen LogP contribution in [-0.2, 0) is 14.3 Å². The van der Waals surface area contributed by atoms with Crippen LogP contribution < -0.4 is 5.32 Å². The van der Waals surface area contributed by atoms with E-state index in [1.54, 1.807) is 30.3 Å². The summed E-state index contributed by atoms with van der Waals surface area (Å²) in [5.41, 5.74) is 0.988. The predicted molar refractivity (Wildman–Crippen MR) is 127 cm³/mol. The number of carbonyl (C=O) groups is 3. The largest absolute Gasteiger partial charge is 0.449 e. The Kier molecular flexibility index (Phi) is 8.73. The fourth-order valence-electron chi connectivity index (χ4n) is 3.72. The van der Waals surface area contributed by atoms with Gasteiger partial charge in [0, 0.05) is 23.7 Å². The second-order valence-electron chi connectivity index (χ2n) is 7.98. The molecule has 1 fully saturated rings. The normalized spacial score (nSPS) is 14.9. The molecule has 2 amide bonds. The van der Waals surface area contributed by atoms with E-state index in [0.29, 0.717) is 22.2 Å². The summed E-state index contributed by atoms with van der Waals surface area (Å²) >= 11 is 1.32. The number of amides is 2. The molecular formula is C25H30N2O4S. The van der Waals surface area contributed by atoms with Crippen LogP contribution in [0.15, 0.2) is 59.5 Å². The zero-order valence-corrected chi connectivity index (χ0v) is 19.4. The lowest BCUT2D eigenvalue weighted by molar-refractivity contribution is -0.129. The molecule has 0 aromatic heterocycles. The topological polar surface area (TPSA) is 75.7 Å². The number of ether oxygens (including phenoxy) is 1. The van der Waals surface area contributed by atoms with Gasteiger partial charge in [0.2, 0.25) is 5.91 Å². The molecule has 0 spiro atoms. The number of carbonyl (C=O) groups excluding carboxylic acids is 3. The third kappa shape index (κ3) is 6.60. The molecule has 0 radical (unpaired) electrons. The Morgan fingerprint density at radius 3 is 2.41 bits per heavy atom. The highest BCUT2D eigenvalue weighted by Gasteiger charge is 2.24. The smallest absolute Gasteiger partial charge is 0.340 e. The van der Waals surface area contributed by atoms with E-state index in [1.165, 1.54) is 37.9 Å². The maximum absolute atomic E-state index is 12.7. The molecule has 1 N–H and O–H groups in total. The maximum atomic E-state index is 12.7. The number of benzene rings is 2. The van der Waals surface area contributed by atoms with E-state index in [4.69, 9.17) is 4.74 Å². The van der Waals surface area contributed by atoms with E-state index in [9.17, 15) is 14.4 Å². The first-order valence-electron chi connectivity index (χ1n) is 11.0. The van der Waals surface area contributed by atoms with Crippen molar-refractivity contribution in [2.45, 2.75) is 56.1 Å². The van der Waals surface area contributed by atoms with E-state index in [0.717, 1.165) is 12.8 Å². The Labute approximate surface area is 193 Å². The summed E-state index contributed by atoms with van der Waals surface area (Å²) in [6.07, 6.45) is 4.72. The van der Waals surface area contributed by atoms with Crippen molar-refractivity contribution in [2.24, 2.45) is 0 Å². The molecule has 0 aliphatic heterocycles. The number of anilines is 1. The highest BCUT2D eigenvalue weighted by Crippen LogP contribution is 2.26. The minimum absolute atomic E-state index is 0.0562. The van der Waals surface area contributed by atoms with Crippen molar-refractivity contribution in [3.63, 3.8) is 0 Å². The molecule has 6 nitrogen and oxygen atoms in total. The van der Waals surface area contributed by atoms with Crippen molar-refractivity contribution in [1.29, 1.82) is 0 Å². The number of esters is 1. The van der Waals surface area contributed by atoms with Crippen LogP contribution in [0.3, 0.4) is 0 Å². The second-order valence-corrected chi connectivity index (χ2v) is 9.00. The number of hydrogen-bond donors (Lipinski definition) is 1. The molecule has 1 unspecified atom stereocenters. The molecule has 2 aromatic carbocycles. The molecule has 3 rings (SSSR count). The van der Waals surface area contributed by atoms with Gasteiger partial charge in [-0.1, -0.05) is 49.6 Å². The zero-order valence-electron chi connectivity index (χ0n) is 18.6. The standard InChI is InChI=1S/C25H30N2O4S/c1-18(24(29)26-19-11-5-3-6-12-19)31-25(30)21-15-9-10-16-22(21)32-17-23(28)27(2)20-13-7-4-8-14-20/h3,5-6,9-12,15-16,18,20H,4,7-8,13-14,17H2,1-2H3,(H,26,29). The number of thioether (sulfide) groups is 1. The van der Waals surface area contributed by atoms with Crippen molar-refractivity contribution < 1.29 is 19.1 Å². The van der Waals surface area contributed by atoms with Gasteiger partial charge >= 0.3 is 5.97 Å². The Hall–Kier alpha value is -2.80. The van der Waals surface area contributed by atoms with Crippen molar-refractivity contribution in [2.75, 3.05) is 18.1 Å². The number of hydrogen-bond acceptors (Lipinski definition) is 5. The van der Waals surface area contributed by atoms with Crippen LogP contribution in [0.1, 0.15) is 49.4 Å². The van der Waals surface area contributed by atoms with E-state index in [2.05, 4.69) is 5.32 Å². The molecule has 1 aliphatic carbocycles. The Morgan fingerprint density at radius 2 is 1.69 bits per heavy atom. The molecule has 7 heteroatoms. The SMILES string of the molecule is CC(OC(=O)c1ccccc1SCC(=O)N(C)C1CCCCC1)C(=O)Nc1ccccc1. The summed E-state index contributed by atoms with van der Waals surface area (Å²) in [4.78, 5) is 40.3. The molecule has 170 valence electrons. The zero-order chi connectivity index (χ0) is 22.9. The number of nitrogens with one attached hydrogen (secondary N) is 1. The highest BCUT2D eigenvalue weighted by atomic mass is 32.2. The van der Waals surface area contributed by atoms with Crippen molar-refractivity contribution in [1.82, 2.24) is 4.90 Å². The minimum Gasteiger partial charge on any atom is -0.449 e. The van der Waals surface area contributed by atoms with E-state index >= 15 is 0 Å². The van der Waals surface area contributed by atoms with E-state index in [1.807, 2.05) is 36.2 Å². The van der Waals surface area contributed by atoms with Gasteiger partial charge < -0.3 is 15.0 Å². The highest BCUT2D eigenvalue weighted by molar-refractivity contribution is 8.00. The molecule has 0 bridgehead atoms. The van der Waals surface area contributed by atoms with Gasteiger partial charge in [0.25, 0.3) is 5.91 Å². The molecule has 1 saturated carbocycles. The van der Waals surface area contributed by atoms with Gasteiger partial charge in [-0.2, -0.15) is 0 Å². The predicted octanol–water partition coefficient (Wildman–Crippen LogP) is 4.75.